The van der Waals surface area contributed by atoms with E-state index in [0.717, 1.165) is 19.1 Å². The summed E-state index contributed by atoms with van der Waals surface area (Å²) in [6, 6.07) is 9.68. The van der Waals surface area contributed by atoms with Gasteiger partial charge in [0.2, 0.25) is 0 Å². The van der Waals surface area contributed by atoms with Crippen molar-refractivity contribution in [3.63, 3.8) is 0 Å². The molecule has 0 aliphatic heterocycles. The van der Waals surface area contributed by atoms with Crippen LogP contribution in [0, 0.1) is 0 Å². The molecule has 2 aromatic rings. The van der Waals surface area contributed by atoms with Crippen molar-refractivity contribution in [2.75, 3.05) is 0 Å². The first-order chi connectivity index (χ1) is 8.20. The van der Waals surface area contributed by atoms with Gasteiger partial charge in [-0.2, -0.15) is 0 Å². The van der Waals surface area contributed by atoms with Crippen molar-refractivity contribution in [2.24, 2.45) is 10.9 Å². The number of hydrogen-bond acceptors (Lipinski definition) is 4. The predicted octanol–water partition coefficient (Wildman–Crippen LogP) is 3.76. The Morgan fingerprint density at radius 3 is 2.88 bits per heavy atom. The van der Waals surface area contributed by atoms with Crippen LogP contribution in [0.1, 0.15) is 5.56 Å². The second-order valence-corrected chi connectivity index (χ2v) is 6.37. The summed E-state index contributed by atoms with van der Waals surface area (Å²) in [6.45, 7) is 0. The minimum atomic E-state index is 0.122. The maximum atomic E-state index is 8.75. The Bertz CT molecular complexity index is 540. The molecule has 0 saturated carbocycles. The van der Waals surface area contributed by atoms with E-state index in [0.29, 0.717) is 0 Å². The molecule has 0 spiro atoms. The molecule has 0 radical (unpaired) electrons. The van der Waals surface area contributed by atoms with Gasteiger partial charge in [0, 0.05) is 14.9 Å². The summed E-state index contributed by atoms with van der Waals surface area (Å²) in [4.78, 5) is 0.956. The summed E-state index contributed by atoms with van der Waals surface area (Å²) in [5, 5.41) is 13.8. The molecule has 1 heterocycles. The van der Waals surface area contributed by atoms with Crippen molar-refractivity contribution in [1.29, 1.82) is 0 Å². The van der Waals surface area contributed by atoms with Crippen molar-refractivity contribution in [3.8, 4) is 0 Å². The average molecular weight is 329 g/mol. The highest BCUT2D eigenvalue weighted by molar-refractivity contribution is 9.10. The quantitative estimate of drug-likeness (QED) is 0.390. The molecule has 1 aromatic heterocycles. The zero-order valence-corrected chi connectivity index (χ0v) is 11.8. The third kappa shape index (κ3) is 3.02. The standard InChI is InChI=1S/C11H9BrN2OS2/c12-7-3-4-8(11(13)14-15)9(6-7)17-10-2-1-5-16-10/h1-6,15H,(H2,13,14). The second kappa shape index (κ2) is 5.57. The molecular formula is C11H9BrN2OS2. The molecule has 1 aromatic carbocycles. The molecule has 0 aliphatic rings. The lowest BCUT2D eigenvalue weighted by atomic mass is 10.2. The first kappa shape index (κ1) is 12.5. The van der Waals surface area contributed by atoms with Gasteiger partial charge in [-0.1, -0.05) is 38.9 Å². The number of nitrogens with two attached hydrogens (primary N) is 1. The topological polar surface area (TPSA) is 58.6 Å². The first-order valence-electron chi connectivity index (χ1n) is 4.69. The Balaban J connectivity index is 2.40. The van der Waals surface area contributed by atoms with Crippen molar-refractivity contribution in [2.45, 2.75) is 9.10 Å². The monoisotopic (exact) mass is 328 g/mol. The smallest absolute Gasteiger partial charge is 0.171 e. The minimum absolute atomic E-state index is 0.122. The highest BCUT2D eigenvalue weighted by atomic mass is 79.9. The van der Waals surface area contributed by atoms with Crippen LogP contribution in [-0.2, 0) is 0 Å². The zero-order valence-electron chi connectivity index (χ0n) is 8.63. The summed E-state index contributed by atoms with van der Waals surface area (Å²) < 4.78 is 2.13. The van der Waals surface area contributed by atoms with Gasteiger partial charge in [-0.25, -0.2) is 0 Å². The van der Waals surface area contributed by atoms with E-state index in [-0.39, 0.29) is 5.84 Å². The van der Waals surface area contributed by atoms with E-state index < -0.39 is 0 Å². The van der Waals surface area contributed by atoms with Crippen molar-refractivity contribution >= 4 is 44.9 Å². The van der Waals surface area contributed by atoms with Crippen LogP contribution < -0.4 is 5.73 Å². The van der Waals surface area contributed by atoms with Crippen molar-refractivity contribution < 1.29 is 5.21 Å². The third-order valence-electron chi connectivity index (χ3n) is 2.03. The summed E-state index contributed by atoms with van der Waals surface area (Å²) in [7, 11) is 0. The van der Waals surface area contributed by atoms with Crippen LogP contribution in [0.5, 0.6) is 0 Å². The molecule has 0 amide bonds. The number of rotatable bonds is 3. The highest BCUT2D eigenvalue weighted by Gasteiger charge is 2.09. The van der Waals surface area contributed by atoms with Gasteiger partial charge in [0.15, 0.2) is 5.84 Å². The van der Waals surface area contributed by atoms with Gasteiger partial charge in [0.25, 0.3) is 0 Å². The van der Waals surface area contributed by atoms with Crippen LogP contribution in [0.25, 0.3) is 0 Å². The second-order valence-electron chi connectivity index (χ2n) is 3.16. The average Bonchev–Trinajstić information content (AvgIpc) is 2.81. The van der Waals surface area contributed by atoms with E-state index in [4.69, 9.17) is 10.9 Å². The van der Waals surface area contributed by atoms with E-state index in [9.17, 15) is 0 Å². The number of oxime groups is 1. The van der Waals surface area contributed by atoms with Gasteiger partial charge in [-0.05, 0) is 29.6 Å². The van der Waals surface area contributed by atoms with Gasteiger partial charge < -0.3 is 10.9 Å². The van der Waals surface area contributed by atoms with Crippen LogP contribution in [0.4, 0.5) is 0 Å². The molecule has 6 heteroatoms. The van der Waals surface area contributed by atoms with Gasteiger partial charge in [-0.3, -0.25) is 0 Å². The Hall–Kier alpha value is -0.980. The fourth-order valence-corrected chi connectivity index (χ4v) is 3.70. The van der Waals surface area contributed by atoms with E-state index in [1.54, 1.807) is 23.1 Å². The highest BCUT2D eigenvalue weighted by Crippen LogP contribution is 2.35. The first-order valence-corrected chi connectivity index (χ1v) is 7.18. The SMILES string of the molecule is N/C(=N/O)c1ccc(Br)cc1Sc1cccs1. The molecule has 0 saturated heterocycles. The Labute approximate surface area is 115 Å². The Kier molecular flexibility index (Phi) is 4.09. The number of thiophene rings is 1. The van der Waals surface area contributed by atoms with Gasteiger partial charge in [0.05, 0.1) is 4.21 Å². The Morgan fingerprint density at radius 2 is 2.24 bits per heavy atom. The van der Waals surface area contributed by atoms with Crippen LogP contribution in [0.3, 0.4) is 0 Å². The van der Waals surface area contributed by atoms with Gasteiger partial charge in [-0.15, -0.1) is 11.3 Å². The molecule has 2 rings (SSSR count). The minimum Gasteiger partial charge on any atom is -0.409 e. The fraction of sp³-hybridized carbons (Fsp3) is 0. The number of halogens is 1. The number of amidine groups is 1. The van der Waals surface area contributed by atoms with E-state index in [1.807, 2.05) is 35.7 Å². The van der Waals surface area contributed by atoms with Crippen molar-refractivity contribution in [1.82, 2.24) is 0 Å². The largest absolute Gasteiger partial charge is 0.409 e. The maximum absolute atomic E-state index is 8.75. The molecule has 17 heavy (non-hydrogen) atoms. The molecule has 0 fully saturated rings. The summed E-state index contributed by atoms with van der Waals surface area (Å²) in [6.07, 6.45) is 0. The molecule has 0 unspecified atom stereocenters. The fourth-order valence-electron chi connectivity index (χ4n) is 1.28. The van der Waals surface area contributed by atoms with Gasteiger partial charge in [0.1, 0.15) is 0 Å². The van der Waals surface area contributed by atoms with E-state index in [2.05, 4.69) is 21.1 Å². The summed E-state index contributed by atoms with van der Waals surface area (Å²) in [5.41, 5.74) is 6.38. The molecule has 3 N–H and O–H groups in total. The lowest BCUT2D eigenvalue weighted by molar-refractivity contribution is 0.318. The van der Waals surface area contributed by atoms with Crippen LogP contribution in [-0.4, -0.2) is 11.0 Å². The maximum Gasteiger partial charge on any atom is 0.171 e. The lowest BCUT2D eigenvalue weighted by Gasteiger charge is -2.07. The van der Waals surface area contributed by atoms with Crippen molar-refractivity contribution in [3.05, 3.63) is 45.7 Å². The van der Waals surface area contributed by atoms with Gasteiger partial charge >= 0.3 is 0 Å². The predicted molar refractivity (Wildman–Crippen MR) is 75.1 cm³/mol. The molecule has 0 bridgehead atoms. The number of benzene rings is 1. The number of nitrogens with zero attached hydrogens (tertiary/aromatic N) is 1. The van der Waals surface area contributed by atoms with Crippen LogP contribution >= 0.6 is 39.0 Å². The zero-order chi connectivity index (χ0) is 12.3. The molecular weight excluding hydrogens is 320 g/mol. The van der Waals surface area contributed by atoms with E-state index >= 15 is 0 Å². The molecule has 0 aliphatic carbocycles. The normalized spacial score (nSPS) is 11.7. The third-order valence-corrected chi connectivity index (χ3v) is 4.62. The molecule has 88 valence electrons. The Morgan fingerprint density at radius 1 is 1.41 bits per heavy atom. The van der Waals surface area contributed by atoms with E-state index in [1.165, 1.54) is 0 Å². The van der Waals surface area contributed by atoms with Crippen LogP contribution in [0.2, 0.25) is 0 Å². The number of hydrogen-bond donors (Lipinski definition) is 2. The molecule has 3 nitrogen and oxygen atoms in total. The van der Waals surface area contributed by atoms with Crippen LogP contribution in [0.15, 0.2) is 54.4 Å². The summed E-state index contributed by atoms with van der Waals surface area (Å²) in [5.74, 6) is 0.122. The molecule has 0 atom stereocenters. The lowest BCUT2D eigenvalue weighted by Crippen LogP contribution is -2.14. The summed E-state index contributed by atoms with van der Waals surface area (Å²) >= 11 is 6.67.